The number of carbonyl (C=O) groups is 2. The normalized spacial score (nSPS) is 19.5. The molecule has 118 valence electrons. The zero-order valence-corrected chi connectivity index (χ0v) is 13.0. The second-order valence-electron chi connectivity index (χ2n) is 6.37. The Morgan fingerprint density at radius 1 is 1.36 bits per heavy atom. The van der Waals surface area contributed by atoms with Crippen LogP contribution in [0.3, 0.4) is 0 Å². The van der Waals surface area contributed by atoms with E-state index >= 15 is 0 Å². The standard InChI is InChI=1S/C17H22N2O3/c1-10-3-4-12-7-8-19(14(12)9-10)17(22)15(11(2)20)18-16(21)13-5-6-13/h3-4,9,11,13,15,20H,5-8H2,1-2H3,(H,18,21)/t11-,15+/m0/s1. The molecule has 0 aromatic heterocycles. The molecule has 2 N–H and O–H groups in total. The molecule has 2 atom stereocenters. The van der Waals surface area contributed by atoms with Crippen molar-refractivity contribution in [2.24, 2.45) is 5.92 Å². The predicted octanol–water partition coefficient (Wildman–Crippen LogP) is 1.16. The Bertz CT molecular complexity index is 608. The summed E-state index contributed by atoms with van der Waals surface area (Å²) < 4.78 is 0. The maximum atomic E-state index is 12.8. The van der Waals surface area contributed by atoms with Crippen molar-refractivity contribution in [3.8, 4) is 0 Å². The van der Waals surface area contributed by atoms with E-state index in [-0.39, 0.29) is 17.7 Å². The molecule has 1 fully saturated rings. The van der Waals surface area contributed by atoms with Crippen LogP contribution in [0.5, 0.6) is 0 Å². The van der Waals surface area contributed by atoms with Crippen molar-refractivity contribution in [2.75, 3.05) is 11.4 Å². The third kappa shape index (κ3) is 2.86. The molecule has 1 aromatic rings. The van der Waals surface area contributed by atoms with E-state index in [1.807, 2.05) is 25.1 Å². The first-order valence-corrected chi connectivity index (χ1v) is 7.86. The second kappa shape index (κ2) is 5.72. The lowest BCUT2D eigenvalue weighted by Gasteiger charge is -2.26. The average molecular weight is 302 g/mol. The number of hydrogen-bond acceptors (Lipinski definition) is 3. The number of nitrogens with zero attached hydrogens (tertiary/aromatic N) is 1. The Morgan fingerprint density at radius 3 is 2.73 bits per heavy atom. The average Bonchev–Trinajstić information content (AvgIpc) is 3.24. The zero-order valence-electron chi connectivity index (χ0n) is 13.0. The fourth-order valence-electron chi connectivity index (χ4n) is 2.89. The molecule has 22 heavy (non-hydrogen) atoms. The number of benzene rings is 1. The van der Waals surface area contributed by atoms with Gasteiger partial charge in [-0.3, -0.25) is 9.59 Å². The largest absolute Gasteiger partial charge is 0.391 e. The first-order chi connectivity index (χ1) is 10.5. The fraction of sp³-hybridized carbons (Fsp3) is 0.529. The number of amides is 2. The van der Waals surface area contributed by atoms with Crippen LogP contribution in [0, 0.1) is 12.8 Å². The van der Waals surface area contributed by atoms with Crippen LogP contribution in [0.1, 0.15) is 30.9 Å². The highest BCUT2D eigenvalue weighted by Crippen LogP contribution is 2.31. The van der Waals surface area contributed by atoms with Gasteiger partial charge >= 0.3 is 0 Å². The van der Waals surface area contributed by atoms with Crippen LogP contribution in [0.4, 0.5) is 5.69 Å². The molecule has 1 aliphatic heterocycles. The van der Waals surface area contributed by atoms with Crippen LogP contribution in [-0.4, -0.2) is 35.6 Å². The summed E-state index contributed by atoms with van der Waals surface area (Å²) in [6.07, 6.45) is 1.64. The SMILES string of the molecule is Cc1ccc2c(c1)N(C(=O)[C@H](NC(=O)C1CC1)[C@H](C)O)CC2. The van der Waals surface area contributed by atoms with Gasteiger partial charge in [0.05, 0.1) is 6.10 Å². The molecular formula is C17H22N2O3. The number of aryl methyl sites for hydroxylation is 1. The molecule has 1 saturated carbocycles. The number of aliphatic hydroxyl groups excluding tert-OH is 1. The van der Waals surface area contributed by atoms with Crippen LogP contribution in [0.15, 0.2) is 18.2 Å². The van der Waals surface area contributed by atoms with E-state index in [2.05, 4.69) is 5.32 Å². The Morgan fingerprint density at radius 2 is 2.09 bits per heavy atom. The summed E-state index contributed by atoms with van der Waals surface area (Å²) in [5.41, 5.74) is 3.13. The lowest BCUT2D eigenvalue weighted by molar-refractivity contribution is -0.130. The molecule has 0 unspecified atom stereocenters. The van der Waals surface area contributed by atoms with Crippen molar-refractivity contribution >= 4 is 17.5 Å². The van der Waals surface area contributed by atoms with Crippen molar-refractivity contribution in [3.05, 3.63) is 29.3 Å². The molecule has 0 radical (unpaired) electrons. The number of nitrogens with one attached hydrogen (secondary N) is 1. The minimum Gasteiger partial charge on any atom is -0.391 e. The van der Waals surface area contributed by atoms with Gasteiger partial charge < -0.3 is 15.3 Å². The summed E-state index contributed by atoms with van der Waals surface area (Å²) >= 11 is 0. The highest BCUT2D eigenvalue weighted by atomic mass is 16.3. The molecular weight excluding hydrogens is 280 g/mol. The van der Waals surface area contributed by atoms with Crippen molar-refractivity contribution in [1.29, 1.82) is 0 Å². The third-order valence-electron chi connectivity index (χ3n) is 4.40. The van der Waals surface area contributed by atoms with Gasteiger partial charge in [-0.25, -0.2) is 0 Å². The van der Waals surface area contributed by atoms with Crippen molar-refractivity contribution in [2.45, 2.75) is 45.3 Å². The van der Waals surface area contributed by atoms with Crippen LogP contribution >= 0.6 is 0 Å². The van der Waals surface area contributed by atoms with Gasteiger partial charge in [-0.05, 0) is 50.3 Å². The van der Waals surface area contributed by atoms with Crippen molar-refractivity contribution in [1.82, 2.24) is 5.32 Å². The van der Waals surface area contributed by atoms with E-state index in [0.29, 0.717) is 6.54 Å². The topological polar surface area (TPSA) is 69.6 Å². The number of aliphatic hydroxyl groups is 1. The molecule has 0 saturated heterocycles. The quantitative estimate of drug-likeness (QED) is 0.877. The van der Waals surface area contributed by atoms with Crippen LogP contribution in [0.2, 0.25) is 0 Å². The van der Waals surface area contributed by atoms with E-state index in [4.69, 9.17) is 0 Å². The summed E-state index contributed by atoms with van der Waals surface area (Å²) in [6, 6.07) is 5.19. The monoisotopic (exact) mass is 302 g/mol. The van der Waals surface area contributed by atoms with E-state index in [1.54, 1.807) is 11.8 Å². The number of carbonyl (C=O) groups excluding carboxylic acids is 2. The summed E-state index contributed by atoms with van der Waals surface area (Å²) in [4.78, 5) is 26.4. The molecule has 1 heterocycles. The maximum Gasteiger partial charge on any atom is 0.252 e. The lowest BCUT2D eigenvalue weighted by atomic mass is 10.1. The molecule has 5 nitrogen and oxygen atoms in total. The van der Waals surface area contributed by atoms with Gasteiger partial charge in [0.25, 0.3) is 5.91 Å². The van der Waals surface area contributed by atoms with Crippen molar-refractivity contribution in [3.63, 3.8) is 0 Å². The smallest absolute Gasteiger partial charge is 0.252 e. The molecule has 1 aromatic carbocycles. The molecule has 0 bridgehead atoms. The summed E-state index contributed by atoms with van der Waals surface area (Å²) in [5, 5.41) is 12.7. The van der Waals surface area contributed by atoms with Gasteiger partial charge in [-0.1, -0.05) is 12.1 Å². The maximum absolute atomic E-state index is 12.8. The highest BCUT2D eigenvalue weighted by Gasteiger charge is 2.37. The zero-order chi connectivity index (χ0) is 15.9. The van der Waals surface area contributed by atoms with Gasteiger partial charge in [-0.2, -0.15) is 0 Å². The molecule has 3 rings (SSSR count). The number of rotatable bonds is 4. The van der Waals surface area contributed by atoms with Gasteiger partial charge in [0.1, 0.15) is 6.04 Å². The Balaban J connectivity index is 1.79. The summed E-state index contributed by atoms with van der Waals surface area (Å²) in [6.45, 7) is 4.13. The predicted molar refractivity (Wildman–Crippen MR) is 83.6 cm³/mol. The summed E-state index contributed by atoms with van der Waals surface area (Å²) in [7, 11) is 0. The molecule has 1 aliphatic carbocycles. The number of anilines is 1. The fourth-order valence-corrected chi connectivity index (χ4v) is 2.89. The van der Waals surface area contributed by atoms with Gasteiger partial charge in [0, 0.05) is 18.2 Å². The van der Waals surface area contributed by atoms with E-state index in [9.17, 15) is 14.7 Å². The lowest BCUT2D eigenvalue weighted by Crippen LogP contribution is -2.54. The first-order valence-electron chi connectivity index (χ1n) is 7.86. The van der Waals surface area contributed by atoms with Crippen LogP contribution < -0.4 is 10.2 Å². The molecule has 2 aliphatic rings. The number of hydrogen-bond donors (Lipinski definition) is 2. The summed E-state index contributed by atoms with van der Waals surface area (Å²) in [5.74, 6) is -0.335. The van der Waals surface area contributed by atoms with E-state index < -0.39 is 12.1 Å². The molecule has 2 amide bonds. The minimum absolute atomic E-state index is 0.0159. The van der Waals surface area contributed by atoms with E-state index in [0.717, 1.165) is 36.1 Å². The van der Waals surface area contributed by atoms with Gasteiger partial charge in [0.2, 0.25) is 5.91 Å². The Kier molecular flexibility index (Phi) is 3.91. The molecule has 0 spiro atoms. The van der Waals surface area contributed by atoms with Gasteiger partial charge in [0.15, 0.2) is 0 Å². The van der Waals surface area contributed by atoms with Crippen LogP contribution in [-0.2, 0) is 16.0 Å². The highest BCUT2D eigenvalue weighted by molar-refractivity contribution is 6.01. The van der Waals surface area contributed by atoms with Gasteiger partial charge in [-0.15, -0.1) is 0 Å². The van der Waals surface area contributed by atoms with Crippen LogP contribution in [0.25, 0.3) is 0 Å². The Hall–Kier alpha value is -1.88. The Labute approximate surface area is 130 Å². The first kappa shape index (κ1) is 15.0. The molecule has 5 heteroatoms. The second-order valence-corrected chi connectivity index (χ2v) is 6.37. The van der Waals surface area contributed by atoms with Crippen molar-refractivity contribution < 1.29 is 14.7 Å². The minimum atomic E-state index is -0.913. The van der Waals surface area contributed by atoms with E-state index in [1.165, 1.54) is 0 Å². The number of fused-ring (bicyclic) bond motifs is 1. The third-order valence-corrected chi connectivity index (χ3v) is 4.40.